The van der Waals surface area contributed by atoms with E-state index in [4.69, 9.17) is 14.2 Å². The molecular weight excluding hydrogens is 487 g/mol. The predicted octanol–water partition coefficient (Wildman–Crippen LogP) is 4.00. The summed E-state index contributed by atoms with van der Waals surface area (Å²) in [7, 11) is -2.88. The highest BCUT2D eigenvalue weighted by molar-refractivity contribution is 7.87. The fourth-order valence-electron chi connectivity index (χ4n) is 3.27. The van der Waals surface area contributed by atoms with Crippen LogP contribution in [-0.4, -0.2) is 64.7 Å². The molecule has 0 bridgehead atoms. The largest absolute Gasteiger partial charge is 0.534 e. The van der Waals surface area contributed by atoms with Gasteiger partial charge in [0.15, 0.2) is 13.1 Å². The van der Waals surface area contributed by atoms with Gasteiger partial charge in [-0.3, -0.25) is 0 Å². The summed E-state index contributed by atoms with van der Waals surface area (Å²) in [5.74, 6) is 0.633. The second-order valence-electron chi connectivity index (χ2n) is 7.31. The predicted molar refractivity (Wildman–Crippen MR) is 124 cm³/mol. The molecule has 0 N–H and O–H groups in total. The van der Waals surface area contributed by atoms with Crippen LogP contribution in [0.4, 0.5) is 13.2 Å². The summed E-state index contributed by atoms with van der Waals surface area (Å²) in [6.07, 6.45) is 4.30. The summed E-state index contributed by atoms with van der Waals surface area (Å²) in [5, 5.41) is 0. The smallest absolute Gasteiger partial charge is 0.497 e. The first-order valence-electron chi connectivity index (χ1n) is 10.5. The molecule has 0 atom stereocenters. The summed E-state index contributed by atoms with van der Waals surface area (Å²) < 4.78 is 84.6. The van der Waals surface area contributed by atoms with Gasteiger partial charge in [-0.15, -0.1) is 0 Å². The normalized spacial score (nSPS) is 15.2. The van der Waals surface area contributed by atoms with Crippen molar-refractivity contribution in [1.82, 2.24) is 0 Å². The topological polar surface area (TPSA) is 74.1 Å². The Balaban J connectivity index is 2.02. The fraction of sp³-hybridized carbons (Fsp3) is 0.292. The molecule has 7 nitrogen and oxygen atoms in total. The molecule has 1 fully saturated rings. The van der Waals surface area contributed by atoms with E-state index in [1.54, 1.807) is 25.3 Å². The lowest BCUT2D eigenvalue weighted by molar-refractivity contribution is -0.548. The molecule has 35 heavy (non-hydrogen) atoms. The number of halogens is 3. The van der Waals surface area contributed by atoms with Crippen LogP contribution in [-0.2, 0) is 19.0 Å². The van der Waals surface area contributed by atoms with Gasteiger partial charge in [0.1, 0.15) is 30.5 Å². The van der Waals surface area contributed by atoms with Crippen molar-refractivity contribution >= 4 is 21.6 Å². The highest BCUT2D eigenvalue weighted by Crippen LogP contribution is 2.30. The van der Waals surface area contributed by atoms with Crippen molar-refractivity contribution in [3.8, 4) is 11.5 Å². The van der Waals surface area contributed by atoms with Gasteiger partial charge in [-0.25, -0.2) is 4.58 Å². The number of morpholine rings is 1. The highest BCUT2D eigenvalue weighted by Gasteiger charge is 2.49. The maximum atomic E-state index is 13.0. The van der Waals surface area contributed by atoms with E-state index < -0.39 is 21.4 Å². The third-order valence-electron chi connectivity index (χ3n) is 5.10. The van der Waals surface area contributed by atoms with Gasteiger partial charge < -0.3 is 18.4 Å². The molecule has 1 aliphatic heterocycles. The zero-order valence-corrected chi connectivity index (χ0v) is 19.9. The molecule has 11 heteroatoms. The van der Waals surface area contributed by atoms with Crippen molar-refractivity contribution in [2.45, 2.75) is 5.51 Å². The minimum atomic E-state index is -5.87. The second kappa shape index (κ2) is 11.4. The van der Waals surface area contributed by atoms with Gasteiger partial charge in [-0.2, -0.15) is 21.6 Å². The first kappa shape index (κ1) is 26.3. The molecule has 0 radical (unpaired) electrons. The molecule has 0 aromatic heterocycles. The molecule has 1 heterocycles. The Labute approximate surface area is 201 Å². The average Bonchev–Trinajstić information content (AvgIpc) is 2.86. The minimum Gasteiger partial charge on any atom is -0.497 e. The Morgan fingerprint density at radius 2 is 1.43 bits per heavy atom. The highest BCUT2D eigenvalue weighted by atomic mass is 32.2. The lowest BCUT2D eigenvalue weighted by Crippen LogP contribution is -2.33. The van der Waals surface area contributed by atoms with Crippen LogP contribution < -0.4 is 9.47 Å². The van der Waals surface area contributed by atoms with Gasteiger partial charge in [-0.1, -0.05) is 6.08 Å². The number of nitrogens with zero attached hydrogens (tertiary/aromatic N) is 1. The van der Waals surface area contributed by atoms with Gasteiger partial charge in [-0.05, 0) is 54.6 Å². The van der Waals surface area contributed by atoms with E-state index in [2.05, 4.69) is 8.76 Å². The van der Waals surface area contributed by atoms with E-state index >= 15 is 0 Å². The third-order valence-corrected chi connectivity index (χ3v) is 6.06. The molecule has 2 aromatic carbocycles. The van der Waals surface area contributed by atoms with E-state index in [1.807, 2.05) is 12.1 Å². The number of ether oxygens (including phenoxy) is 3. The summed E-state index contributed by atoms with van der Waals surface area (Å²) in [6.45, 7) is 2.26. The van der Waals surface area contributed by atoms with Crippen molar-refractivity contribution in [1.29, 1.82) is 0 Å². The Hall–Kier alpha value is -3.31. The van der Waals surface area contributed by atoms with Gasteiger partial charge >= 0.3 is 15.6 Å². The van der Waals surface area contributed by atoms with Crippen molar-refractivity contribution in [3.63, 3.8) is 0 Å². The SMILES string of the molecule is COc1ccc(C(/C=C/C=C(/OS(=O)(=O)C(F)(F)F)c2ccc(OC)cc2)=[N+]2CCOCC2)cc1. The third kappa shape index (κ3) is 6.86. The maximum absolute atomic E-state index is 13.0. The van der Waals surface area contributed by atoms with Crippen molar-refractivity contribution in [3.05, 3.63) is 77.9 Å². The lowest BCUT2D eigenvalue weighted by atomic mass is 10.1. The standard InChI is InChI=1S/C24H25F3NO6S/c1-31-20-10-6-18(7-11-20)22(28-14-16-33-17-15-28)4-3-5-23(34-35(29,30)24(25,26)27)19-8-12-21(32-2)13-9-19/h3-13H,14-17H2,1-2H3/q+1/b4-3+,23-5+. The van der Waals surface area contributed by atoms with Crippen molar-refractivity contribution in [2.75, 3.05) is 40.5 Å². The molecule has 188 valence electrons. The van der Waals surface area contributed by atoms with E-state index in [-0.39, 0.29) is 5.56 Å². The number of methoxy groups -OCH3 is 2. The van der Waals surface area contributed by atoms with Crippen LogP contribution >= 0.6 is 0 Å². The number of alkyl halides is 3. The molecule has 2 aromatic rings. The lowest BCUT2D eigenvalue weighted by Gasteiger charge is -2.14. The second-order valence-corrected chi connectivity index (χ2v) is 8.85. The number of allylic oxidation sites excluding steroid dienone is 3. The van der Waals surface area contributed by atoms with Gasteiger partial charge in [0.25, 0.3) is 0 Å². The number of hydrogen-bond acceptors (Lipinski definition) is 6. The number of benzene rings is 2. The maximum Gasteiger partial charge on any atom is 0.534 e. The monoisotopic (exact) mass is 512 g/mol. The summed E-state index contributed by atoms with van der Waals surface area (Å²) in [5.41, 5.74) is -3.83. The van der Waals surface area contributed by atoms with Gasteiger partial charge in [0.2, 0.25) is 5.71 Å². The van der Waals surface area contributed by atoms with Crippen LogP contribution in [0.25, 0.3) is 5.76 Å². The molecule has 0 saturated carbocycles. The molecule has 0 aliphatic carbocycles. The van der Waals surface area contributed by atoms with Gasteiger partial charge in [0, 0.05) is 17.2 Å². The van der Waals surface area contributed by atoms with Crippen LogP contribution in [0.5, 0.6) is 11.5 Å². The quantitative estimate of drug-likeness (QED) is 0.175. The van der Waals surface area contributed by atoms with Gasteiger partial charge in [0.05, 0.1) is 14.2 Å². The summed E-state index contributed by atoms with van der Waals surface area (Å²) >= 11 is 0. The Morgan fingerprint density at radius 1 is 0.914 bits per heavy atom. The van der Waals surface area contributed by atoms with E-state index in [1.165, 1.54) is 43.5 Å². The molecule has 0 amide bonds. The molecule has 0 unspecified atom stereocenters. The first-order chi connectivity index (χ1) is 16.6. The van der Waals surface area contributed by atoms with Crippen LogP contribution in [0.2, 0.25) is 0 Å². The molecule has 1 saturated heterocycles. The van der Waals surface area contributed by atoms with E-state index in [0.29, 0.717) is 37.8 Å². The van der Waals surface area contributed by atoms with E-state index in [9.17, 15) is 21.6 Å². The van der Waals surface area contributed by atoms with Crippen LogP contribution in [0.15, 0.2) is 66.8 Å². The zero-order valence-electron chi connectivity index (χ0n) is 19.1. The van der Waals surface area contributed by atoms with Crippen LogP contribution in [0.3, 0.4) is 0 Å². The molecule has 0 spiro atoms. The average molecular weight is 513 g/mol. The zero-order chi connectivity index (χ0) is 25.5. The van der Waals surface area contributed by atoms with Crippen molar-refractivity contribution < 1.29 is 44.6 Å². The number of rotatable bonds is 8. The Bertz CT molecular complexity index is 1190. The fourth-order valence-corrected chi connectivity index (χ4v) is 3.75. The summed E-state index contributed by atoms with van der Waals surface area (Å²) in [4.78, 5) is 0. The van der Waals surface area contributed by atoms with Crippen LogP contribution in [0.1, 0.15) is 11.1 Å². The first-order valence-corrected chi connectivity index (χ1v) is 11.9. The Kier molecular flexibility index (Phi) is 8.57. The minimum absolute atomic E-state index is 0.126. The van der Waals surface area contributed by atoms with Crippen molar-refractivity contribution in [2.24, 2.45) is 0 Å². The molecule has 3 rings (SSSR count). The molecule has 1 aliphatic rings. The molecular formula is C24H25F3NO6S+. The number of hydrogen-bond donors (Lipinski definition) is 0. The van der Waals surface area contributed by atoms with E-state index in [0.717, 1.165) is 11.3 Å². The Morgan fingerprint density at radius 3 is 1.91 bits per heavy atom. The summed E-state index contributed by atoms with van der Waals surface area (Å²) in [6, 6.07) is 13.1. The van der Waals surface area contributed by atoms with Crippen LogP contribution in [0, 0.1) is 0 Å².